The first-order valence-electron chi connectivity index (χ1n) is 4.97. The Kier molecular flexibility index (Phi) is 4.50. The molecule has 0 aromatic heterocycles. The summed E-state index contributed by atoms with van der Waals surface area (Å²) in [5.41, 5.74) is 6.20. The highest BCUT2D eigenvalue weighted by atomic mass is 16.5. The van der Waals surface area contributed by atoms with E-state index in [0.29, 0.717) is 11.3 Å². The molecule has 1 aromatic rings. The summed E-state index contributed by atoms with van der Waals surface area (Å²) in [6, 6.07) is 3.43. The van der Waals surface area contributed by atoms with Gasteiger partial charge in [-0.25, -0.2) is 0 Å². The van der Waals surface area contributed by atoms with Crippen LogP contribution in [0, 0.1) is 0 Å². The number of carboxylic acid groups (broad SMARTS) is 1. The number of hydrogen-bond acceptors (Lipinski definition) is 5. The molecule has 1 atom stereocenters. The number of hydrogen-bond donors (Lipinski definition) is 4. The van der Waals surface area contributed by atoms with E-state index in [4.69, 9.17) is 25.6 Å². The minimum absolute atomic E-state index is 0.0546. The van der Waals surface area contributed by atoms with Gasteiger partial charge < -0.3 is 25.6 Å². The number of methoxy groups -OCH3 is 1. The van der Waals surface area contributed by atoms with E-state index in [1.807, 2.05) is 0 Å². The molecule has 17 heavy (non-hydrogen) atoms. The SMILES string of the molecule is COc1ccc(B(O)O)cc1CC(N)C(=O)O. The fourth-order valence-corrected chi connectivity index (χ4v) is 1.44. The molecule has 1 aromatic carbocycles. The molecule has 92 valence electrons. The lowest BCUT2D eigenvalue weighted by molar-refractivity contribution is -0.138. The van der Waals surface area contributed by atoms with Crippen LogP contribution in [-0.2, 0) is 11.2 Å². The largest absolute Gasteiger partial charge is 0.496 e. The molecule has 5 N–H and O–H groups in total. The van der Waals surface area contributed by atoms with Crippen LogP contribution < -0.4 is 15.9 Å². The van der Waals surface area contributed by atoms with E-state index in [-0.39, 0.29) is 11.9 Å². The summed E-state index contributed by atoms with van der Waals surface area (Å²) in [5, 5.41) is 26.8. The average molecular weight is 239 g/mol. The molecule has 0 amide bonds. The van der Waals surface area contributed by atoms with Crippen LogP contribution in [-0.4, -0.2) is 41.4 Å². The van der Waals surface area contributed by atoms with Crippen molar-refractivity contribution in [3.05, 3.63) is 23.8 Å². The Morgan fingerprint density at radius 3 is 2.65 bits per heavy atom. The van der Waals surface area contributed by atoms with Gasteiger partial charge in [0.15, 0.2) is 0 Å². The van der Waals surface area contributed by atoms with Crippen LogP contribution in [0.4, 0.5) is 0 Å². The molecule has 0 radical (unpaired) electrons. The minimum Gasteiger partial charge on any atom is -0.496 e. The standard InChI is InChI=1S/C10H14BNO5/c1-17-9-3-2-7(11(15)16)4-6(9)5-8(12)10(13)14/h2-4,8,15-16H,5,12H2,1H3,(H,13,14). The van der Waals surface area contributed by atoms with Gasteiger partial charge in [0.1, 0.15) is 11.8 Å². The second kappa shape index (κ2) is 5.67. The Labute approximate surface area is 98.8 Å². The minimum atomic E-state index is -1.61. The van der Waals surface area contributed by atoms with Crippen molar-refractivity contribution in [2.75, 3.05) is 7.11 Å². The van der Waals surface area contributed by atoms with Gasteiger partial charge in [-0.1, -0.05) is 12.1 Å². The lowest BCUT2D eigenvalue weighted by Crippen LogP contribution is -2.34. The third-order valence-corrected chi connectivity index (χ3v) is 2.36. The van der Waals surface area contributed by atoms with Gasteiger partial charge in [0.25, 0.3) is 0 Å². The van der Waals surface area contributed by atoms with E-state index in [9.17, 15) is 4.79 Å². The Balaban J connectivity index is 3.01. The monoisotopic (exact) mass is 239 g/mol. The van der Waals surface area contributed by atoms with Gasteiger partial charge in [0.2, 0.25) is 0 Å². The summed E-state index contributed by atoms with van der Waals surface area (Å²) in [4.78, 5) is 10.7. The topological polar surface area (TPSA) is 113 Å². The van der Waals surface area contributed by atoms with Gasteiger partial charge in [-0.15, -0.1) is 0 Å². The summed E-state index contributed by atoms with van der Waals surface area (Å²) in [5.74, 6) is -0.659. The molecule has 0 saturated carbocycles. The van der Waals surface area contributed by atoms with E-state index in [2.05, 4.69) is 0 Å². The maximum Gasteiger partial charge on any atom is 0.488 e. The fraction of sp³-hybridized carbons (Fsp3) is 0.300. The third-order valence-electron chi connectivity index (χ3n) is 2.36. The van der Waals surface area contributed by atoms with E-state index < -0.39 is 19.1 Å². The molecule has 1 rings (SSSR count). The first-order valence-corrected chi connectivity index (χ1v) is 4.97. The number of ether oxygens (including phenoxy) is 1. The predicted molar refractivity (Wildman–Crippen MR) is 62.1 cm³/mol. The molecule has 0 bridgehead atoms. The number of aliphatic carboxylic acids is 1. The highest BCUT2D eigenvalue weighted by Gasteiger charge is 2.18. The molecule has 0 fully saturated rings. The van der Waals surface area contributed by atoms with Crippen molar-refractivity contribution in [3.8, 4) is 5.75 Å². The summed E-state index contributed by atoms with van der Waals surface area (Å²) >= 11 is 0. The van der Waals surface area contributed by atoms with Gasteiger partial charge in [-0.05, 0) is 17.1 Å². The number of benzene rings is 1. The van der Waals surface area contributed by atoms with E-state index >= 15 is 0 Å². The van der Waals surface area contributed by atoms with Crippen molar-refractivity contribution in [3.63, 3.8) is 0 Å². The molecule has 0 spiro atoms. The lowest BCUT2D eigenvalue weighted by atomic mass is 9.79. The van der Waals surface area contributed by atoms with Gasteiger partial charge in [0.05, 0.1) is 7.11 Å². The number of carboxylic acids is 1. The van der Waals surface area contributed by atoms with Crippen LogP contribution in [0.5, 0.6) is 5.75 Å². The average Bonchev–Trinajstić information content (AvgIpc) is 2.28. The Morgan fingerprint density at radius 1 is 1.53 bits per heavy atom. The van der Waals surface area contributed by atoms with Crippen LogP contribution in [0.2, 0.25) is 0 Å². The normalized spacial score (nSPS) is 12.0. The van der Waals surface area contributed by atoms with Crippen LogP contribution in [0.15, 0.2) is 18.2 Å². The third kappa shape index (κ3) is 3.45. The zero-order chi connectivity index (χ0) is 13.0. The molecule has 7 heteroatoms. The fourth-order valence-electron chi connectivity index (χ4n) is 1.44. The lowest BCUT2D eigenvalue weighted by Gasteiger charge is -2.12. The Morgan fingerprint density at radius 2 is 2.18 bits per heavy atom. The van der Waals surface area contributed by atoms with Crippen LogP contribution in [0.25, 0.3) is 0 Å². The molecule has 0 saturated heterocycles. The van der Waals surface area contributed by atoms with Crippen molar-refractivity contribution in [2.45, 2.75) is 12.5 Å². The Hall–Kier alpha value is -1.57. The first-order chi connectivity index (χ1) is 7.95. The smallest absolute Gasteiger partial charge is 0.488 e. The predicted octanol–water partition coefficient (Wildman–Crippen LogP) is -1.67. The molecular formula is C10H14BNO5. The highest BCUT2D eigenvalue weighted by molar-refractivity contribution is 6.58. The molecule has 6 nitrogen and oxygen atoms in total. The summed E-state index contributed by atoms with van der Waals surface area (Å²) in [7, 11) is -0.166. The molecule has 0 aliphatic heterocycles. The van der Waals surface area contributed by atoms with Crippen molar-refractivity contribution >= 4 is 18.6 Å². The highest BCUT2D eigenvalue weighted by Crippen LogP contribution is 2.17. The maximum absolute atomic E-state index is 10.7. The molecule has 0 aliphatic rings. The van der Waals surface area contributed by atoms with E-state index in [0.717, 1.165) is 0 Å². The first kappa shape index (κ1) is 13.5. The van der Waals surface area contributed by atoms with E-state index in [1.165, 1.54) is 19.2 Å². The second-order valence-electron chi connectivity index (χ2n) is 3.59. The number of rotatable bonds is 5. The summed E-state index contributed by atoms with van der Waals surface area (Å²) in [6.07, 6.45) is 0.0546. The van der Waals surface area contributed by atoms with Crippen molar-refractivity contribution < 1.29 is 24.7 Å². The summed E-state index contributed by atoms with van der Waals surface area (Å²) < 4.78 is 5.05. The number of carbonyl (C=O) groups is 1. The number of nitrogens with two attached hydrogens (primary N) is 1. The Bertz CT molecular complexity index is 410. The van der Waals surface area contributed by atoms with Crippen LogP contribution >= 0.6 is 0 Å². The molecule has 0 heterocycles. The van der Waals surface area contributed by atoms with Gasteiger partial charge >= 0.3 is 13.1 Å². The van der Waals surface area contributed by atoms with Crippen molar-refractivity contribution in [1.82, 2.24) is 0 Å². The molecule has 1 unspecified atom stereocenters. The molecular weight excluding hydrogens is 225 g/mol. The van der Waals surface area contributed by atoms with Gasteiger partial charge in [0, 0.05) is 6.42 Å². The van der Waals surface area contributed by atoms with Crippen LogP contribution in [0.3, 0.4) is 0 Å². The van der Waals surface area contributed by atoms with Gasteiger partial charge in [-0.2, -0.15) is 0 Å². The quantitative estimate of drug-likeness (QED) is 0.457. The van der Waals surface area contributed by atoms with E-state index in [1.54, 1.807) is 6.07 Å². The zero-order valence-electron chi connectivity index (χ0n) is 9.33. The van der Waals surface area contributed by atoms with Crippen LogP contribution in [0.1, 0.15) is 5.56 Å². The maximum atomic E-state index is 10.7. The van der Waals surface area contributed by atoms with Gasteiger partial charge in [-0.3, -0.25) is 4.79 Å². The molecule has 0 aliphatic carbocycles. The summed E-state index contributed by atoms with van der Waals surface area (Å²) in [6.45, 7) is 0. The van der Waals surface area contributed by atoms with Crippen molar-refractivity contribution in [2.24, 2.45) is 5.73 Å². The van der Waals surface area contributed by atoms with Crippen molar-refractivity contribution in [1.29, 1.82) is 0 Å². The second-order valence-corrected chi connectivity index (χ2v) is 3.59. The zero-order valence-corrected chi connectivity index (χ0v) is 9.33.